The monoisotopic (exact) mass is 366 g/mol. The highest BCUT2D eigenvalue weighted by atomic mass is 19.1. The average Bonchev–Trinajstić information content (AvgIpc) is 3.07. The van der Waals surface area contributed by atoms with Gasteiger partial charge in [0.2, 0.25) is 0 Å². The molecule has 3 aromatic rings. The minimum atomic E-state index is -0.708. The number of hydrogen-bond donors (Lipinski definition) is 0. The van der Waals surface area contributed by atoms with Gasteiger partial charge < -0.3 is 4.74 Å². The Bertz CT molecular complexity index is 1020. The molecule has 0 bridgehead atoms. The van der Waals surface area contributed by atoms with Crippen LogP contribution in [0.3, 0.4) is 0 Å². The molecule has 0 aliphatic carbocycles. The smallest absolute Gasteiger partial charge is 0.273 e. The van der Waals surface area contributed by atoms with Crippen LogP contribution in [0.4, 0.5) is 10.1 Å². The first-order valence-corrected chi connectivity index (χ1v) is 8.22. The Morgan fingerprint density at radius 1 is 1.30 bits per heavy atom. The molecule has 7 nitrogen and oxygen atoms in total. The number of aryl methyl sites for hydroxylation is 1. The highest BCUT2D eigenvalue weighted by Crippen LogP contribution is 2.34. The van der Waals surface area contributed by atoms with Gasteiger partial charge in [0.05, 0.1) is 24.3 Å². The standard InChI is InChI=1S/C17H17B2FN4O3/c1-23-9-11(8-21-23)17(18,19)15-4-3-14(27-2)16(22-15)10-5-12(20)7-13(6-10)24(25)26/h3-9H,18-19H2,1-2H3. The predicted molar refractivity (Wildman–Crippen MR) is 104 cm³/mol. The fraction of sp³-hybridized carbons (Fsp3) is 0.176. The summed E-state index contributed by atoms with van der Waals surface area (Å²) in [5.74, 6) is -0.305. The van der Waals surface area contributed by atoms with Crippen molar-refractivity contribution in [2.75, 3.05) is 7.11 Å². The quantitative estimate of drug-likeness (QED) is 0.382. The maximum absolute atomic E-state index is 13.9. The summed E-state index contributed by atoms with van der Waals surface area (Å²) < 4.78 is 21.0. The van der Waals surface area contributed by atoms with Gasteiger partial charge in [0.25, 0.3) is 5.69 Å². The largest absolute Gasteiger partial charge is 0.494 e. The number of ether oxygens (including phenoxy) is 1. The van der Waals surface area contributed by atoms with E-state index in [9.17, 15) is 14.5 Å². The van der Waals surface area contributed by atoms with Crippen molar-refractivity contribution >= 4 is 21.4 Å². The summed E-state index contributed by atoms with van der Waals surface area (Å²) in [5, 5.41) is 14.8. The number of nitrogens with zero attached hydrogens (tertiary/aromatic N) is 4. The molecule has 0 N–H and O–H groups in total. The van der Waals surface area contributed by atoms with E-state index in [4.69, 9.17) is 4.74 Å². The molecular formula is C17H17B2FN4O3. The van der Waals surface area contributed by atoms with Gasteiger partial charge in [-0.05, 0) is 29.0 Å². The summed E-state index contributed by atoms with van der Waals surface area (Å²) in [6.07, 6.45) is 3.66. The molecular weight excluding hydrogens is 349 g/mol. The number of non-ortho nitro benzene ring substituents is 1. The highest BCUT2D eigenvalue weighted by Gasteiger charge is 2.27. The minimum absolute atomic E-state index is 0.280. The molecule has 0 unspecified atom stereocenters. The van der Waals surface area contributed by atoms with E-state index in [1.54, 1.807) is 16.9 Å². The molecule has 0 aliphatic heterocycles. The summed E-state index contributed by atoms with van der Waals surface area (Å²) in [4.78, 5) is 15.1. The zero-order chi connectivity index (χ0) is 19.8. The van der Waals surface area contributed by atoms with Crippen molar-refractivity contribution in [1.29, 1.82) is 0 Å². The summed E-state index contributed by atoms with van der Waals surface area (Å²) in [7, 11) is 7.30. The van der Waals surface area contributed by atoms with Crippen LogP contribution in [0.25, 0.3) is 11.3 Å². The first kappa shape index (κ1) is 18.6. The zero-order valence-corrected chi connectivity index (χ0v) is 15.4. The lowest BCUT2D eigenvalue weighted by molar-refractivity contribution is -0.385. The maximum Gasteiger partial charge on any atom is 0.273 e. The molecule has 0 radical (unpaired) electrons. The third kappa shape index (κ3) is 3.55. The third-order valence-corrected chi connectivity index (χ3v) is 4.51. The normalized spacial score (nSPS) is 11.4. The van der Waals surface area contributed by atoms with Gasteiger partial charge in [-0.1, -0.05) is 0 Å². The lowest BCUT2D eigenvalue weighted by Crippen LogP contribution is -2.29. The van der Waals surface area contributed by atoms with Crippen LogP contribution in [0.2, 0.25) is 0 Å². The number of nitro benzene ring substituents is 1. The topological polar surface area (TPSA) is 83.1 Å². The van der Waals surface area contributed by atoms with Crippen LogP contribution >= 0.6 is 0 Å². The second-order valence-corrected chi connectivity index (χ2v) is 6.73. The molecule has 1 aromatic carbocycles. The van der Waals surface area contributed by atoms with E-state index in [-0.39, 0.29) is 11.3 Å². The van der Waals surface area contributed by atoms with Crippen LogP contribution in [0.15, 0.2) is 42.7 Å². The number of rotatable bonds is 5. The zero-order valence-electron chi connectivity index (χ0n) is 15.4. The van der Waals surface area contributed by atoms with Gasteiger partial charge >= 0.3 is 0 Å². The van der Waals surface area contributed by atoms with Crippen molar-refractivity contribution in [2.45, 2.75) is 5.21 Å². The number of halogens is 1. The van der Waals surface area contributed by atoms with Crippen molar-refractivity contribution in [1.82, 2.24) is 14.8 Å². The number of hydrogen-bond acceptors (Lipinski definition) is 5. The third-order valence-electron chi connectivity index (χ3n) is 4.51. The molecule has 10 heteroatoms. The van der Waals surface area contributed by atoms with Gasteiger partial charge in [-0.3, -0.25) is 14.8 Å². The molecule has 0 aliphatic rings. The van der Waals surface area contributed by atoms with Crippen LogP contribution in [-0.4, -0.2) is 42.5 Å². The van der Waals surface area contributed by atoms with Gasteiger partial charge in [-0.25, -0.2) is 9.37 Å². The number of pyridine rings is 1. The Morgan fingerprint density at radius 2 is 2.04 bits per heavy atom. The summed E-state index contributed by atoms with van der Waals surface area (Å²) >= 11 is 0. The molecule has 0 saturated carbocycles. The van der Waals surface area contributed by atoms with Crippen molar-refractivity contribution in [3.05, 3.63) is 69.9 Å². The number of nitro groups is 1. The molecule has 3 rings (SSSR count). The van der Waals surface area contributed by atoms with Crippen LogP contribution in [0, 0.1) is 15.9 Å². The molecule has 0 spiro atoms. The lowest BCUT2D eigenvalue weighted by atomic mass is 9.50. The van der Waals surface area contributed by atoms with E-state index in [0.29, 0.717) is 17.1 Å². The second-order valence-electron chi connectivity index (χ2n) is 6.73. The van der Waals surface area contributed by atoms with E-state index >= 15 is 0 Å². The molecule has 27 heavy (non-hydrogen) atoms. The Kier molecular flexibility index (Phi) is 4.73. The Morgan fingerprint density at radius 3 is 2.63 bits per heavy atom. The lowest BCUT2D eigenvalue weighted by Gasteiger charge is -2.24. The molecule has 0 fully saturated rings. The van der Waals surface area contributed by atoms with Gasteiger partial charge in [-0.15, -0.1) is 0 Å². The van der Waals surface area contributed by atoms with Crippen molar-refractivity contribution in [3.8, 4) is 17.0 Å². The molecule has 136 valence electrons. The molecule has 0 atom stereocenters. The van der Waals surface area contributed by atoms with E-state index in [2.05, 4.69) is 10.1 Å². The van der Waals surface area contributed by atoms with Crippen LogP contribution in [0.1, 0.15) is 11.3 Å². The summed E-state index contributed by atoms with van der Waals surface area (Å²) in [6.45, 7) is 0. The first-order chi connectivity index (χ1) is 12.7. The summed E-state index contributed by atoms with van der Waals surface area (Å²) in [5.41, 5.74) is 1.94. The summed E-state index contributed by atoms with van der Waals surface area (Å²) in [6, 6.07) is 6.92. The van der Waals surface area contributed by atoms with E-state index in [1.165, 1.54) is 19.2 Å². The predicted octanol–water partition coefficient (Wildman–Crippen LogP) is 1.01. The SMILES string of the molecule is BC(B)(c1cnn(C)c1)c1ccc(OC)c(-c2cc(F)cc([N+](=O)[O-])c2)n1. The maximum atomic E-state index is 13.9. The van der Waals surface area contributed by atoms with Crippen LogP contribution in [0.5, 0.6) is 5.75 Å². The molecule has 2 heterocycles. The second kappa shape index (κ2) is 6.86. The Hall–Kier alpha value is -3.16. The Balaban J connectivity index is 2.17. The highest BCUT2D eigenvalue weighted by molar-refractivity contribution is 6.42. The van der Waals surface area contributed by atoms with Crippen LogP contribution < -0.4 is 4.74 Å². The average molecular weight is 366 g/mol. The fourth-order valence-corrected chi connectivity index (χ4v) is 2.87. The van der Waals surface area contributed by atoms with Gasteiger partial charge in [0, 0.05) is 30.6 Å². The van der Waals surface area contributed by atoms with E-state index in [0.717, 1.165) is 11.6 Å². The Labute approximate surface area is 157 Å². The van der Waals surface area contributed by atoms with Crippen LogP contribution in [-0.2, 0) is 12.3 Å². The number of benzene rings is 1. The van der Waals surface area contributed by atoms with Crippen molar-refractivity contribution < 1.29 is 14.1 Å². The van der Waals surface area contributed by atoms with Gasteiger partial charge in [-0.2, -0.15) is 5.10 Å². The molecule has 0 saturated heterocycles. The first-order valence-electron chi connectivity index (χ1n) is 8.22. The van der Waals surface area contributed by atoms with E-state index in [1.807, 2.05) is 35.0 Å². The fourth-order valence-electron chi connectivity index (χ4n) is 2.87. The molecule has 2 aromatic heterocycles. The van der Waals surface area contributed by atoms with Crippen molar-refractivity contribution in [3.63, 3.8) is 0 Å². The molecule has 0 amide bonds. The van der Waals surface area contributed by atoms with Crippen molar-refractivity contribution in [2.24, 2.45) is 7.05 Å². The van der Waals surface area contributed by atoms with Gasteiger partial charge in [0.15, 0.2) is 0 Å². The van der Waals surface area contributed by atoms with E-state index < -0.39 is 16.0 Å². The van der Waals surface area contributed by atoms with Gasteiger partial charge in [0.1, 0.15) is 33.0 Å². The number of aromatic nitrogens is 3. The minimum Gasteiger partial charge on any atom is -0.494 e. The number of methoxy groups -OCH3 is 1.